The Bertz CT molecular complexity index is 261. The number of nitrogens with one attached hydrogen (secondary N) is 1. The number of carbonyl (C=O) groups is 2. The largest absolute Gasteiger partial charge is 0.480 e. The van der Waals surface area contributed by atoms with E-state index in [-0.39, 0.29) is 12.0 Å². The quantitative estimate of drug-likeness (QED) is 0.707. The lowest BCUT2D eigenvalue weighted by molar-refractivity contribution is -0.142. The second-order valence-corrected chi connectivity index (χ2v) is 4.42. The van der Waals surface area contributed by atoms with E-state index >= 15 is 0 Å². The van der Waals surface area contributed by atoms with Gasteiger partial charge in [0.1, 0.15) is 6.04 Å². The van der Waals surface area contributed by atoms with Gasteiger partial charge in [0.15, 0.2) is 0 Å². The first-order valence-electron chi connectivity index (χ1n) is 6.27. The average molecular weight is 243 g/mol. The standard InChI is InChI=1S/C12H21NO4/c1-2-4-10(12(15)16)13-11(14)7-6-9-5-3-8-17-9/h9-10H,2-8H2,1H3,(H,13,14)(H,15,16)/t9?,10-/m1/s1. The van der Waals surface area contributed by atoms with Crippen LogP contribution in [0.25, 0.3) is 0 Å². The molecular weight excluding hydrogens is 222 g/mol. The highest BCUT2D eigenvalue weighted by Gasteiger charge is 2.20. The normalized spacial score (nSPS) is 21.1. The van der Waals surface area contributed by atoms with Crippen molar-refractivity contribution < 1.29 is 19.4 Å². The Labute approximate surface area is 102 Å². The molecule has 0 aromatic rings. The summed E-state index contributed by atoms with van der Waals surface area (Å²) in [5.41, 5.74) is 0. The zero-order valence-corrected chi connectivity index (χ0v) is 10.3. The van der Waals surface area contributed by atoms with Crippen molar-refractivity contribution in [2.75, 3.05) is 6.61 Å². The second kappa shape index (κ2) is 7.27. The maximum Gasteiger partial charge on any atom is 0.326 e. The van der Waals surface area contributed by atoms with Crippen molar-refractivity contribution in [2.24, 2.45) is 0 Å². The molecule has 0 radical (unpaired) electrons. The zero-order chi connectivity index (χ0) is 12.7. The van der Waals surface area contributed by atoms with Gasteiger partial charge in [0.05, 0.1) is 6.10 Å². The van der Waals surface area contributed by atoms with Gasteiger partial charge in [0.2, 0.25) is 5.91 Å². The van der Waals surface area contributed by atoms with Gasteiger partial charge in [-0.15, -0.1) is 0 Å². The molecule has 1 heterocycles. The Morgan fingerprint density at radius 2 is 2.29 bits per heavy atom. The zero-order valence-electron chi connectivity index (χ0n) is 10.3. The molecule has 5 heteroatoms. The van der Waals surface area contributed by atoms with Crippen LogP contribution in [-0.2, 0) is 14.3 Å². The highest BCUT2D eigenvalue weighted by molar-refractivity contribution is 5.83. The predicted molar refractivity (Wildman–Crippen MR) is 62.7 cm³/mol. The van der Waals surface area contributed by atoms with Crippen LogP contribution >= 0.6 is 0 Å². The Balaban J connectivity index is 2.23. The van der Waals surface area contributed by atoms with Crippen molar-refractivity contribution in [3.05, 3.63) is 0 Å². The summed E-state index contributed by atoms with van der Waals surface area (Å²) in [5, 5.41) is 11.4. The highest BCUT2D eigenvalue weighted by atomic mass is 16.5. The molecule has 1 unspecified atom stereocenters. The number of carboxylic acid groups (broad SMARTS) is 1. The van der Waals surface area contributed by atoms with Gasteiger partial charge in [0, 0.05) is 13.0 Å². The first kappa shape index (κ1) is 14.0. The molecular formula is C12H21NO4. The maximum atomic E-state index is 11.6. The second-order valence-electron chi connectivity index (χ2n) is 4.42. The molecule has 1 saturated heterocycles. The summed E-state index contributed by atoms with van der Waals surface area (Å²) in [6.45, 7) is 2.67. The van der Waals surface area contributed by atoms with E-state index in [0.29, 0.717) is 19.3 Å². The summed E-state index contributed by atoms with van der Waals surface area (Å²) in [6.07, 6.45) is 4.48. The minimum absolute atomic E-state index is 0.176. The van der Waals surface area contributed by atoms with E-state index < -0.39 is 12.0 Å². The number of carboxylic acids is 1. The summed E-state index contributed by atoms with van der Waals surface area (Å²) in [6, 6.07) is -0.753. The third-order valence-electron chi connectivity index (χ3n) is 2.93. The topological polar surface area (TPSA) is 75.6 Å². The molecule has 2 atom stereocenters. The molecule has 0 spiro atoms. The first-order valence-corrected chi connectivity index (χ1v) is 6.27. The van der Waals surface area contributed by atoms with Gasteiger partial charge < -0.3 is 15.2 Å². The first-order chi connectivity index (χ1) is 8.13. The average Bonchev–Trinajstić information content (AvgIpc) is 2.78. The lowest BCUT2D eigenvalue weighted by Crippen LogP contribution is -2.40. The monoisotopic (exact) mass is 243 g/mol. The van der Waals surface area contributed by atoms with Crippen molar-refractivity contribution >= 4 is 11.9 Å². The van der Waals surface area contributed by atoms with Crippen LogP contribution in [0.2, 0.25) is 0 Å². The van der Waals surface area contributed by atoms with Crippen LogP contribution in [0.15, 0.2) is 0 Å². The minimum atomic E-state index is -0.961. The SMILES string of the molecule is CCC[C@@H](NC(=O)CCC1CCCO1)C(=O)O. The van der Waals surface area contributed by atoms with E-state index in [1.807, 2.05) is 6.92 Å². The van der Waals surface area contributed by atoms with E-state index in [1.165, 1.54) is 0 Å². The Hall–Kier alpha value is -1.10. The molecule has 98 valence electrons. The minimum Gasteiger partial charge on any atom is -0.480 e. The van der Waals surface area contributed by atoms with Gasteiger partial charge in [-0.2, -0.15) is 0 Å². The maximum absolute atomic E-state index is 11.6. The summed E-state index contributed by atoms with van der Waals surface area (Å²) >= 11 is 0. The molecule has 0 aliphatic carbocycles. The van der Waals surface area contributed by atoms with Crippen LogP contribution in [0, 0.1) is 0 Å². The van der Waals surface area contributed by atoms with Gasteiger partial charge in [-0.3, -0.25) is 4.79 Å². The van der Waals surface area contributed by atoms with E-state index in [1.54, 1.807) is 0 Å². The molecule has 2 N–H and O–H groups in total. The van der Waals surface area contributed by atoms with Gasteiger partial charge in [-0.1, -0.05) is 13.3 Å². The molecule has 5 nitrogen and oxygen atoms in total. The Morgan fingerprint density at radius 3 is 2.82 bits per heavy atom. The summed E-state index contributed by atoms with van der Waals surface area (Å²) in [5.74, 6) is -1.15. The summed E-state index contributed by atoms with van der Waals surface area (Å²) in [7, 11) is 0. The molecule has 1 aliphatic heterocycles. The van der Waals surface area contributed by atoms with E-state index in [9.17, 15) is 9.59 Å². The number of hydrogen-bond donors (Lipinski definition) is 2. The number of carbonyl (C=O) groups excluding carboxylic acids is 1. The van der Waals surface area contributed by atoms with E-state index in [2.05, 4.69) is 5.32 Å². The third kappa shape index (κ3) is 5.17. The molecule has 0 aromatic carbocycles. The van der Waals surface area contributed by atoms with Crippen LogP contribution in [0.5, 0.6) is 0 Å². The number of hydrogen-bond acceptors (Lipinski definition) is 3. The van der Waals surface area contributed by atoms with Crippen LogP contribution in [0.4, 0.5) is 0 Å². The Morgan fingerprint density at radius 1 is 1.53 bits per heavy atom. The van der Waals surface area contributed by atoms with Gasteiger partial charge >= 0.3 is 5.97 Å². The number of amides is 1. The fourth-order valence-electron chi connectivity index (χ4n) is 1.98. The van der Waals surface area contributed by atoms with Gasteiger partial charge in [-0.25, -0.2) is 4.79 Å². The molecule has 17 heavy (non-hydrogen) atoms. The predicted octanol–water partition coefficient (Wildman–Crippen LogP) is 1.32. The third-order valence-corrected chi connectivity index (χ3v) is 2.93. The molecule has 1 aliphatic rings. The van der Waals surface area contributed by atoms with E-state index in [0.717, 1.165) is 25.9 Å². The molecule has 1 rings (SSSR count). The fraction of sp³-hybridized carbons (Fsp3) is 0.833. The Kier molecular flexibility index (Phi) is 5.97. The lowest BCUT2D eigenvalue weighted by Gasteiger charge is -2.14. The van der Waals surface area contributed by atoms with Gasteiger partial charge in [0.25, 0.3) is 0 Å². The van der Waals surface area contributed by atoms with Crippen molar-refractivity contribution in [1.29, 1.82) is 0 Å². The van der Waals surface area contributed by atoms with Crippen LogP contribution in [0.1, 0.15) is 45.4 Å². The smallest absolute Gasteiger partial charge is 0.326 e. The van der Waals surface area contributed by atoms with Crippen LogP contribution in [-0.4, -0.2) is 35.7 Å². The molecule has 1 fully saturated rings. The summed E-state index contributed by atoms with van der Waals surface area (Å²) < 4.78 is 5.41. The fourth-order valence-corrected chi connectivity index (χ4v) is 1.98. The molecule has 0 aromatic heterocycles. The van der Waals surface area contributed by atoms with E-state index in [4.69, 9.17) is 9.84 Å². The van der Waals surface area contributed by atoms with Crippen molar-refractivity contribution in [1.82, 2.24) is 5.32 Å². The number of ether oxygens (including phenoxy) is 1. The number of rotatable bonds is 7. The molecule has 1 amide bonds. The van der Waals surface area contributed by atoms with Crippen LogP contribution < -0.4 is 5.32 Å². The summed E-state index contributed by atoms with van der Waals surface area (Å²) in [4.78, 5) is 22.4. The van der Waals surface area contributed by atoms with Crippen molar-refractivity contribution in [2.45, 2.75) is 57.6 Å². The number of aliphatic carboxylic acids is 1. The molecule has 0 saturated carbocycles. The van der Waals surface area contributed by atoms with Crippen LogP contribution in [0.3, 0.4) is 0 Å². The highest BCUT2D eigenvalue weighted by Crippen LogP contribution is 2.16. The van der Waals surface area contributed by atoms with Crippen molar-refractivity contribution in [3.63, 3.8) is 0 Å². The molecule has 0 bridgehead atoms. The van der Waals surface area contributed by atoms with Gasteiger partial charge in [-0.05, 0) is 25.7 Å². The lowest BCUT2D eigenvalue weighted by atomic mass is 10.1. The van der Waals surface area contributed by atoms with Crippen molar-refractivity contribution in [3.8, 4) is 0 Å².